The molecule has 0 bridgehead atoms. The topological polar surface area (TPSA) is 57.2 Å². The monoisotopic (exact) mass is 317 g/mol. The van der Waals surface area contributed by atoms with Crippen LogP contribution >= 0.6 is 0 Å². The van der Waals surface area contributed by atoms with Gasteiger partial charge in [0.15, 0.2) is 10.1 Å². The van der Waals surface area contributed by atoms with Crippen LogP contribution in [0.4, 0.5) is 8.78 Å². The Kier molecular flexibility index (Phi) is 10.6. The second-order valence-corrected chi connectivity index (χ2v) is 6.31. The lowest BCUT2D eigenvalue weighted by Gasteiger charge is -2.34. The zero-order valence-corrected chi connectivity index (χ0v) is 14.1. The summed E-state index contributed by atoms with van der Waals surface area (Å²) in [6.45, 7) is 15.9. The average Bonchev–Trinajstić information content (AvgIpc) is 2.39. The van der Waals surface area contributed by atoms with Gasteiger partial charge < -0.3 is 9.04 Å². The zero-order valence-electron chi connectivity index (χ0n) is 13.3. The van der Waals surface area contributed by atoms with Crippen molar-refractivity contribution in [3.63, 3.8) is 0 Å². The summed E-state index contributed by atoms with van der Waals surface area (Å²) in [7, 11) is -5.46. The predicted octanol–water partition coefficient (Wildman–Crippen LogP) is 3.20. The number of rotatable bonds is 8. The van der Waals surface area contributed by atoms with Crippen LogP contribution in [-0.2, 0) is 10.1 Å². The number of halogens is 2. The summed E-state index contributed by atoms with van der Waals surface area (Å²) >= 11 is 0. The van der Waals surface area contributed by atoms with Gasteiger partial charge in [0.2, 0.25) is 0 Å². The van der Waals surface area contributed by atoms with Crippen LogP contribution in [0.3, 0.4) is 0 Å². The summed E-state index contributed by atoms with van der Waals surface area (Å²) in [6.07, 6.45) is -0.408. The van der Waals surface area contributed by atoms with Gasteiger partial charge in [-0.25, -0.2) is 8.42 Å². The van der Waals surface area contributed by atoms with Crippen molar-refractivity contribution in [2.75, 3.05) is 26.2 Å². The Morgan fingerprint density at radius 3 is 1.45 bits per heavy atom. The maximum Gasteiger partial charge on any atom is 0.334 e. The maximum absolute atomic E-state index is 12.2. The van der Waals surface area contributed by atoms with Gasteiger partial charge in [-0.2, -0.15) is 8.78 Å². The standard InChI is InChI=1S/C8H20N.C5H10F2O3S/c1-5-9(6-2,7-3)8-4;1-2-3-4-5(6,7)11(8,9)10/h5-8H2,1-4H3;2-4H2,1H3,(H,8,9,10)/q+1;/p-1. The summed E-state index contributed by atoms with van der Waals surface area (Å²) in [5.41, 5.74) is 0. The van der Waals surface area contributed by atoms with E-state index in [9.17, 15) is 21.8 Å². The van der Waals surface area contributed by atoms with E-state index < -0.39 is 21.8 Å². The van der Waals surface area contributed by atoms with Crippen LogP contribution in [0.25, 0.3) is 0 Å². The zero-order chi connectivity index (χ0) is 16.4. The first-order valence-electron chi connectivity index (χ1n) is 7.24. The smallest absolute Gasteiger partial charge is 0.334 e. The molecule has 0 spiro atoms. The Morgan fingerprint density at radius 1 is 0.950 bits per heavy atom. The molecule has 7 heteroatoms. The third-order valence-corrected chi connectivity index (χ3v) is 4.81. The largest absolute Gasteiger partial charge is 0.743 e. The van der Waals surface area contributed by atoms with Gasteiger partial charge in [-0.3, -0.25) is 0 Å². The molecule has 0 unspecified atom stereocenters. The van der Waals surface area contributed by atoms with E-state index in [-0.39, 0.29) is 6.42 Å². The van der Waals surface area contributed by atoms with Gasteiger partial charge >= 0.3 is 5.25 Å². The Hall–Kier alpha value is -0.270. The van der Waals surface area contributed by atoms with Crippen molar-refractivity contribution in [2.45, 2.75) is 59.1 Å². The Morgan fingerprint density at radius 2 is 1.30 bits per heavy atom. The summed E-state index contributed by atoms with van der Waals surface area (Å²) in [5, 5.41) is -4.09. The molecule has 0 aliphatic heterocycles. The van der Waals surface area contributed by atoms with Gasteiger partial charge in [-0.1, -0.05) is 13.3 Å². The van der Waals surface area contributed by atoms with Crippen LogP contribution in [0.2, 0.25) is 0 Å². The lowest BCUT2D eigenvalue weighted by Crippen LogP contribution is -2.47. The molecule has 0 aromatic heterocycles. The molecule has 0 aromatic rings. The number of unbranched alkanes of at least 4 members (excludes halogenated alkanes) is 1. The minimum absolute atomic E-state index is 0.0362. The normalized spacial score (nSPS) is 12.8. The van der Waals surface area contributed by atoms with E-state index >= 15 is 0 Å². The Balaban J connectivity index is 0. The molecule has 0 heterocycles. The fraction of sp³-hybridized carbons (Fsp3) is 1.00. The summed E-state index contributed by atoms with van der Waals surface area (Å²) in [6, 6.07) is 0. The SMILES string of the molecule is CCCCC(F)(F)S(=O)(=O)[O-].CC[N+](CC)(CC)CC. The predicted molar refractivity (Wildman–Crippen MR) is 76.6 cm³/mol. The summed E-state index contributed by atoms with van der Waals surface area (Å²) in [4.78, 5) is 0. The molecule has 20 heavy (non-hydrogen) atoms. The molecular weight excluding hydrogens is 288 g/mol. The third-order valence-electron chi connectivity index (χ3n) is 3.87. The van der Waals surface area contributed by atoms with E-state index in [1.807, 2.05) is 0 Å². The number of quaternary nitrogens is 1. The van der Waals surface area contributed by atoms with E-state index in [4.69, 9.17) is 0 Å². The van der Waals surface area contributed by atoms with E-state index in [1.54, 1.807) is 6.92 Å². The lowest BCUT2D eigenvalue weighted by atomic mass is 10.3. The fourth-order valence-electron chi connectivity index (χ4n) is 1.85. The van der Waals surface area contributed by atoms with E-state index in [0.29, 0.717) is 6.42 Å². The molecular formula is C13H29F2NO3S. The highest BCUT2D eigenvalue weighted by Gasteiger charge is 2.36. The quantitative estimate of drug-likeness (QED) is 0.510. The second kappa shape index (κ2) is 9.63. The third kappa shape index (κ3) is 7.50. The molecule has 0 radical (unpaired) electrons. The molecule has 0 N–H and O–H groups in total. The molecule has 0 rings (SSSR count). The van der Waals surface area contributed by atoms with Gasteiger partial charge in [0.05, 0.1) is 26.2 Å². The van der Waals surface area contributed by atoms with Gasteiger partial charge in [0, 0.05) is 6.42 Å². The fourth-order valence-corrected chi connectivity index (χ4v) is 2.24. The van der Waals surface area contributed by atoms with Crippen molar-refractivity contribution >= 4 is 10.1 Å². The minimum atomic E-state index is -5.46. The molecule has 0 amide bonds. The van der Waals surface area contributed by atoms with Gasteiger partial charge in [-0.15, -0.1) is 0 Å². The summed E-state index contributed by atoms with van der Waals surface area (Å²) in [5.74, 6) is 0. The van der Waals surface area contributed by atoms with Gasteiger partial charge in [0.1, 0.15) is 0 Å². The molecule has 0 aliphatic rings. The van der Waals surface area contributed by atoms with Crippen LogP contribution in [0.1, 0.15) is 53.9 Å². The van der Waals surface area contributed by atoms with E-state index in [2.05, 4.69) is 27.7 Å². The van der Waals surface area contributed by atoms with Gasteiger partial charge in [0.25, 0.3) is 0 Å². The maximum atomic E-state index is 12.2. The molecule has 0 atom stereocenters. The average molecular weight is 317 g/mol. The first-order chi connectivity index (χ1) is 9.05. The number of alkyl halides is 2. The van der Waals surface area contributed by atoms with Crippen LogP contribution in [0.5, 0.6) is 0 Å². The number of nitrogens with zero attached hydrogens (tertiary/aromatic N) is 1. The van der Waals surface area contributed by atoms with Crippen molar-refractivity contribution < 1.29 is 26.2 Å². The molecule has 0 saturated carbocycles. The van der Waals surface area contributed by atoms with Crippen molar-refractivity contribution in [1.82, 2.24) is 0 Å². The first kappa shape index (κ1) is 22.0. The Bertz CT molecular complexity index is 324. The van der Waals surface area contributed by atoms with Crippen molar-refractivity contribution in [3.05, 3.63) is 0 Å². The minimum Gasteiger partial charge on any atom is -0.743 e. The molecule has 0 aromatic carbocycles. The van der Waals surface area contributed by atoms with E-state index in [0.717, 1.165) is 0 Å². The van der Waals surface area contributed by atoms with Crippen molar-refractivity contribution in [3.8, 4) is 0 Å². The first-order valence-corrected chi connectivity index (χ1v) is 8.64. The molecule has 124 valence electrons. The van der Waals surface area contributed by atoms with Gasteiger partial charge in [-0.05, 0) is 34.1 Å². The Labute approximate surface area is 122 Å². The number of hydrogen-bond donors (Lipinski definition) is 0. The molecule has 0 fully saturated rings. The highest BCUT2D eigenvalue weighted by molar-refractivity contribution is 7.86. The van der Waals surface area contributed by atoms with Crippen molar-refractivity contribution in [2.24, 2.45) is 0 Å². The second-order valence-electron chi connectivity index (χ2n) is 4.80. The van der Waals surface area contributed by atoms with Crippen LogP contribution < -0.4 is 0 Å². The number of hydrogen-bond acceptors (Lipinski definition) is 3. The highest BCUT2D eigenvalue weighted by atomic mass is 32.2. The lowest BCUT2D eigenvalue weighted by molar-refractivity contribution is -0.921. The highest BCUT2D eigenvalue weighted by Crippen LogP contribution is 2.26. The van der Waals surface area contributed by atoms with Crippen LogP contribution in [0.15, 0.2) is 0 Å². The van der Waals surface area contributed by atoms with E-state index in [1.165, 1.54) is 30.7 Å². The molecule has 4 nitrogen and oxygen atoms in total. The van der Waals surface area contributed by atoms with Crippen LogP contribution in [-0.4, -0.2) is 48.9 Å². The summed E-state index contributed by atoms with van der Waals surface area (Å²) < 4.78 is 55.3. The molecule has 0 aliphatic carbocycles. The molecule has 0 saturated heterocycles. The van der Waals surface area contributed by atoms with Crippen molar-refractivity contribution in [1.29, 1.82) is 0 Å². The van der Waals surface area contributed by atoms with Crippen LogP contribution in [0, 0.1) is 0 Å².